The monoisotopic (exact) mass is 545 g/mol. The maximum Gasteiger partial charge on any atom is 0.338 e. The Morgan fingerprint density at radius 1 is 0.875 bits per heavy atom. The van der Waals surface area contributed by atoms with Crippen molar-refractivity contribution in [2.24, 2.45) is 0 Å². The Morgan fingerprint density at radius 2 is 1.57 bits per heavy atom. The van der Waals surface area contributed by atoms with Gasteiger partial charge < -0.3 is 19.9 Å². The molecule has 0 fully saturated rings. The summed E-state index contributed by atoms with van der Waals surface area (Å²) >= 11 is 0. The molecule has 0 aliphatic carbocycles. The maximum atomic E-state index is 13.6. The van der Waals surface area contributed by atoms with Crippen molar-refractivity contribution in [1.82, 2.24) is 0 Å². The van der Waals surface area contributed by atoms with Crippen molar-refractivity contribution in [3.8, 4) is 17.2 Å². The van der Waals surface area contributed by atoms with E-state index in [1.54, 1.807) is 37.3 Å². The number of phenols is 1. The molecule has 6 heteroatoms. The summed E-state index contributed by atoms with van der Waals surface area (Å²) < 4.78 is 11.7. The molecular weight excluding hydrogens is 502 g/mol. The second-order valence-electron chi connectivity index (χ2n) is 11.4. The molecule has 0 saturated carbocycles. The second-order valence-corrected chi connectivity index (χ2v) is 11.4. The average Bonchev–Trinajstić information content (AvgIpc) is 2.93. The van der Waals surface area contributed by atoms with Crippen LogP contribution in [0.15, 0.2) is 54.6 Å². The zero-order valence-electron chi connectivity index (χ0n) is 25.1. The zero-order valence-corrected chi connectivity index (χ0v) is 25.1. The minimum atomic E-state index is -0.464. The van der Waals surface area contributed by atoms with Crippen molar-refractivity contribution < 1.29 is 24.2 Å². The molecule has 3 aromatic carbocycles. The lowest BCUT2D eigenvalue weighted by Gasteiger charge is -2.31. The number of nitrogens with one attached hydrogen (secondary N) is 1. The Morgan fingerprint density at radius 3 is 2.20 bits per heavy atom. The third-order valence-electron chi connectivity index (χ3n) is 7.88. The summed E-state index contributed by atoms with van der Waals surface area (Å²) in [6.07, 6.45) is 2.45. The molecule has 3 rings (SSSR count). The van der Waals surface area contributed by atoms with Crippen molar-refractivity contribution >= 4 is 17.6 Å². The Hall–Kier alpha value is -3.80. The van der Waals surface area contributed by atoms with Crippen LogP contribution in [0.25, 0.3) is 0 Å². The number of amides is 1. The number of phenolic OH excluding ortho intramolecular Hbond substituents is 1. The van der Waals surface area contributed by atoms with Crippen molar-refractivity contribution in [2.75, 3.05) is 11.9 Å². The molecule has 214 valence electrons. The highest BCUT2D eigenvalue weighted by Crippen LogP contribution is 2.42. The van der Waals surface area contributed by atoms with Gasteiger partial charge in [0, 0.05) is 11.3 Å². The largest absolute Gasteiger partial charge is 0.508 e. The first-order chi connectivity index (χ1) is 18.9. The number of aryl methyl sites for hydroxylation is 1. The molecule has 0 aromatic heterocycles. The summed E-state index contributed by atoms with van der Waals surface area (Å²) in [5, 5.41) is 13.3. The van der Waals surface area contributed by atoms with Gasteiger partial charge in [-0.2, -0.15) is 0 Å². The van der Waals surface area contributed by atoms with Crippen LogP contribution in [-0.2, 0) is 22.0 Å². The molecule has 6 nitrogen and oxygen atoms in total. The van der Waals surface area contributed by atoms with Crippen LogP contribution >= 0.6 is 0 Å². The van der Waals surface area contributed by atoms with Crippen LogP contribution in [0.4, 0.5) is 5.69 Å². The van der Waals surface area contributed by atoms with E-state index in [4.69, 9.17) is 9.47 Å². The lowest BCUT2D eigenvalue weighted by molar-refractivity contribution is 0.0526. The zero-order chi connectivity index (χ0) is 29.7. The molecule has 0 radical (unpaired) electrons. The minimum Gasteiger partial charge on any atom is -0.508 e. The first-order valence-corrected chi connectivity index (χ1v) is 14.1. The summed E-state index contributed by atoms with van der Waals surface area (Å²) in [5.74, 6) is 0.135. The van der Waals surface area contributed by atoms with Gasteiger partial charge in [-0.15, -0.1) is 0 Å². The Bertz CT molecular complexity index is 1370. The van der Waals surface area contributed by atoms with E-state index in [9.17, 15) is 14.7 Å². The van der Waals surface area contributed by atoms with Crippen LogP contribution in [0, 0.1) is 0 Å². The highest BCUT2D eigenvalue weighted by atomic mass is 16.5. The number of rotatable bonds is 11. The van der Waals surface area contributed by atoms with E-state index < -0.39 is 11.9 Å². The number of hydrogen-bond donors (Lipinski definition) is 2. The molecule has 0 heterocycles. The van der Waals surface area contributed by atoms with Gasteiger partial charge in [0.05, 0.1) is 17.7 Å². The van der Waals surface area contributed by atoms with Crippen LogP contribution in [0.1, 0.15) is 106 Å². The van der Waals surface area contributed by atoms with E-state index >= 15 is 0 Å². The maximum absolute atomic E-state index is 13.6. The third kappa shape index (κ3) is 6.85. The molecule has 3 aromatic rings. The summed E-state index contributed by atoms with van der Waals surface area (Å²) in [4.78, 5) is 25.8. The Kier molecular flexibility index (Phi) is 9.67. The van der Waals surface area contributed by atoms with Gasteiger partial charge in [0.1, 0.15) is 17.2 Å². The number of hydrogen-bond acceptors (Lipinski definition) is 5. The Balaban J connectivity index is 2.08. The van der Waals surface area contributed by atoms with Crippen molar-refractivity contribution in [1.29, 1.82) is 0 Å². The molecule has 0 spiro atoms. The van der Waals surface area contributed by atoms with E-state index in [2.05, 4.69) is 59.0 Å². The van der Waals surface area contributed by atoms with Crippen LogP contribution < -0.4 is 10.1 Å². The van der Waals surface area contributed by atoms with E-state index in [1.165, 1.54) is 11.6 Å². The fourth-order valence-electron chi connectivity index (χ4n) is 4.43. The van der Waals surface area contributed by atoms with Crippen molar-refractivity contribution in [3.63, 3.8) is 0 Å². The topological polar surface area (TPSA) is 84.9 Å². The molecule has 1 amide bonds. The number of esters is 1. The van der Waals surface area contributed by atoms with Crippen molar-refractivity contribution in [3.05, 3.63) is 82.4 Å². The third-order valence-corrected chi connectivity index (χ3v) is 7.88. The fraction of sp³-hybridized carbons (Fsp3) is 0.412. The van der Waals surface area contributed by atoms with Crippen LogP contribution in [-0.4, -0.2) is 23.6 Å². The van der Waals surface area contributed by atoms with E-state index in [0.29, 0.717) is 34.7 Å². The van der Waals surface area contributed by atoms with E-state index in [-0.39, 0.29) is 28.7 Å². The second kappa shape index (κ2) is 12.6. The molecule has 0 aliphatic heterocycles. The van der Waals surface area contributed by atoms with Gasteiger partial charge in [0.15, 0.2) is 0 Å². The first kappa shape index (κ1) is 30.7. The lowest BCUT2D eigenvalue weighted by atomic mass is 9.76. The van der Waals surface area contributed by atoms with Crippen LogP contribution in [0.2, 0.25) is 0 Å². The smallest absolute Gasteiger partial charge is 0.338 e. The van der Waals surface area contributed by atoms with Gasteiger partial charge in [0.2, 0.25) is 0 Å². The van der Waals surface area contributed by atoms with Crippen molar-refractivity contribution in [2.45, 2.75) is 85.5 Å². The van der Waals surface area contributed by atoms with Gasteiger partial charge >= 0.3 is 5.97 Å². The number of benzene rings is 3. The molecule has 2 N–H and O–H groups in total. The number of aromatic hydroxyl groups is 1. The van der Waals surface area contributed by atoms with Crippen LogP contribution in [0.5, 0.6) is 17.2 Å². The van der Waals surface area contributed by atoms with Gasteiger partial charge in [-0.25, -0.2) is 4.79 Å². The SMILES string of the molecule is CCOC(=O)c1cccc(NC(=O)c2cc(O)cc(CC)c2Oc2ccc(C(C)(C)CC)cc2C(C)(C)CC)c1. The van der Waals surface area contributed by atoms with Gasteiger partial charge in [-0.1, -0.05) is 66.7 Å². The normalized spacial score (nSPS) is 11.7. The standard InChI is InChI=1S/C34H43NO5/c1-9-22-19-26(36)21-27(31(37)35-25-15-13-14-23(18-25)32(38)39-12-4)30(22)40-29-17-16-24(33(5,6)10-2)20-28(29)34(7,8)11-3/h13-21,36H,9-12H2,1-8H3,(H,35,37). The number of ether oxygens (including phenoxy) is 2. The summed E-state index contributed by atoms with van der Waals surface area (Å²) in [6, 6.07) is 15.9. The molecule has 40 heavy (non-hydrogen) atoms. The van der Waals surface area contributed by atoms with Gasteiger partial charge in [-0.3, -0.25) is 4.79 Å². The molecular formula is C34H43NO5. The quantitative estimate of drug-likeness (QED) is 0.236. The van der Waals surface area contributed by atoms with Crippen LogP contribution in [0.3, 0.4) is 0 Å². The highest BCUT2D eigenvalue weighted by Gasteiger charge is 2.28. The predicted molar refractivity (Wildman–Crippen MR) is 161 cm³/mol. The predicted octanol–water partition coefficient (Wildman–Crippen LogP) is 8.55. The number of anilines is 1. The Labute approximate surface area is 238 Å². The minimum absolute atomic E-state index is 0.00729. The summed E-state index contributed by atoms with van der Waals surface area (Å²) in [5.41, 5.74) is 3.82. The summed E-state index contributed by atoms with van der Waals surface area (Å²) in [7, 11) is 0. The molecule has 0 unspecified atom stereocenters. The molecule has 0 bridgehead atoms. The highest BCUT2D eigenvalue weighted by molar-refractivity contribution is 6.07. The average molecular weight is 546 g/mol. The molecule has 0 saturated heterocycles. The van der Waals surface area contributed by atoms with Gasteiger partial charge in [-0.05, 0) is 84.5 Å². The molecule has 0 atom stereocenters. The number of carbonyl (C=O) groups is 2. The fourth-order valence-corrected chi connectivity index (χ4v) is 4.43. The molecule has 0 aliphatic rings. The van der Waals surface area contributed by atoms with E-state index in [0.717, 1.165) is 18.4 Å². The number of carbonyl (C=O) groups excluding carboxylic acids is 2. The summed E-state index contributed by atoms with van der Waals surface area (Å²) in [6.45, 7) is 17.2. The lowest BCUT2D eigenvalue weighted by Crippen LogP contribution is -2.21. The van der Waals surface area contributed by atoms with E-state index in [1.807, 2.05) is 13.0 Å². The van der Waals surface area contributed by atoms with Gasteiger partial charge in [0.25, 0.3) is 5.91 Å². The first-order valence-electron chi connectivity index (χ1n) is 14.1.